The van der Waals surface area contributed by atoms with Gasteiger partial charge in [0.05, 0.1) is 21.6 Å². The average molecular weight is 376 g/mol. The summed E-state index contributed by atoms with van der Waals surface area (Å²) < 4.78 is 6.24. The Bertz CT molecular complexity index is 889. The fourth-order valence-electron chi connectivity index (χ4n) is 1.91. The van der Waals surface area contributed by atoms with Crippen molar-refractivity contribution in [3.63, 3.8) is 0 Å². The van der Waals surface area contributed by atoms with Gasteiger partial charge in [-0.3, -0.25) is 4.98 Å². The van der Waals surface area contributed by atoms with Crippen LogP contribution in [0.1, 0.15) is 23.6 Å². The van der Waals surface area contributed by atoms with Crippen molar-refractivity contribution in [2.24, 2.45) is 0 Å². The third-order valence-electron chi connectivity index (χ3n) is 2.97. The smallest absolute Gasteiger partial charge is 0.191 e. The highest BCUT2D eigenvalue weighted by molar-refractivity contribution is 9.10. The minimum atomic E-state index is -0.000423. The number of halogens is 1. The largest absolute Gasteiger partial charge is 0.461 e. The molecule has 0 bridgehead atoms. The number of nitrogen functional groups attached to an aromatic ring is 1. The number of nitrogens with zero attached hydrogens (tertiary/aromatic N) is 4. The Morgan fingerprint density at radius 3 is 3.00 bits per heavy atom. The molecule has 8 heteroatoms. The Morgan fingerprint density at radius 2 is 2.23 bits per heavy atom. The molecule has 0 spiro atoms. The van der Waals surface area contributed by atoms with E-state index in [0.717, 1.165) is 21.1 Å². The molecule has 3 aromatic heterocycles. The van der Waals surface area contributed by atoms with Crippen LogP contribution in [0.25, 0.3) is 11.0 Å². The number of furan rings is 1. The van der Waals surface area contributed by atoms with Crippen LogP contribution >= 0.6 is 27.7 Å². The van der Waals surface area contributed by atoms with E-state index < -0.39 is 0 Å². The maximum atomic E-state index is 8.93. The zero-order chi connectivity index (χ0) is 15.7. The molecule has 0 aliphatic heterocycles. The molecule has 0 saturated heterocycles. The van der Waals surface area contributed by atoms with E-state index in [9.17, 15) is 0 Å². The molecular weight excluding hydrogens is 366 g/mol. The molecule has 0 aromatic carbocycles. The van der Waals surface area contributed by atoms with Crippen LogP contribution in [0.3, 0.4) is 0 Å². The number of rotatable bonds is 3. The van der Waals surface area contributed by atoms with Crippen molar-refractivity contribution in [3.05, 3.63) is 40.5 Å². The van der Waals surface area contributed by atoms with Gasteiger partial charge in [0.25, 0.3) is 0 Å². The number of anilines is 1. The lowest BCUT2D eigenvalue weighted by Crippen LogP contribution is -1.99. The Labute approximate surface area is 138 Å². The van der Waals surface area contributed by atoms with Gasteiger partial charge in [-0.1, -0.05) is 11.8 Å². The fourth-order valence-corrected chi connectivity index (χ4v) is 3.19. The van der Waals surface area contributed by atoms with Gasteiger partial charge in [0.15, 0.2) is 10.7 Å². The number of pyridine rings is 1. The summed E-state index contributed by atoms with van der Waals surface area (Å²) in [5.41, 5.74) is 7.52. The summed E-state index contributed by atoms with van der Waals surface area (Å²) in [6.45, 7) is 1.99. The van der Waals surface area contributed by atoms with E-state index in [4.69, 9.17) is 15.4 Å². The zero-order valence-corrected chi connectivity index (χ0v) is 13.8. The molecule has 0 aliphatic carbocycles. The van der Waals surface area contributed by atoms with Gasteiger partial charge >= 0.3 is 0 Å². The first-order chi connectivity index (χ1) is 10.6. The van der Waals surface area contributed by atoms with Gasteiger partial charge in [0, 0.05) is 11.5 Å². The fraction of sp³-hybridized carbons (Fsp3) is 0.143. The molecule has 110 valence electrons. The second-order valence-corrected chi connectivity index (χ2v) is 6.68. The normalized spacial score (nSPS) is 12.2. The standard InChI is InChI=1S/C14H10BrN5OS/c1-7(22-14-19-8(4-16)2-13(17)20-14)11-3-9-10(15)6-21-12(9)5-18-11/h2-3,5-7H,1H3,(H2,17,19,20). The highest BCUT2D eigenvalue weighted by Crippen LogP contribution is 2.35. The summed E-state index contributed by atoms with van der Waals surface area (Å²) >= 11 is 4.84. The van der Waals surface area contributed by atoms with Crippen LogP contribution < -0.4 is 5.73 Å². The molecule has 3 aromatic rings. The van der Waals surface area contributed by atoms with Gasteiger partial charge < -0.3 is 10.2 Å². The Kier molecular flexibility index (Phi) is 4.00. The molecule has 0 radical (unpaired) electrons. The predicted octanol–water partition coefficient (Wildman–Crippen LogP) is 3.69. The van der Waals surface area contributed by atoms with Gasteiger partial charge in [-0.05, 0) is 28.9 Å². The van der Waals surface area contributed by atoms with Crippen molar-refractivity contribution < 1.29 is 4.42 Å². The summed E-state index contributed by atoms with van der Waals surface area (Å²) in [5.74, 6) is 0.280. The van der Waals surface area contributed by atoms with Gasteiger partial charge in [0.1, 0.15) is 23.8 Å². The van der Waals surface area contributed by atoms with E-state index in [1.807, 2.05) is 19.1 Å². The van der Waals surface area contributed by atoms with Gasteiger partial charge in [-0.2, -0.15) is 5.26 Å². The SMILES string of the molecule is CC(Sc1nc(N)cc(C#N)n1)c1cc2c(Br)coc2cn1. The number of thioether (sulfide) groups is 1. The van der Waals surface area contributed by atoms with Gasteiger partial charge in [-0.15, -0.1) is 0 Å². The molecule has 2 N–H and O–H groups in total. The van der Waals surface area contributed by atoms with E-state index in [1.54, 1.807) is 12.5 Å². The molecule has 3 heterocycles. The van der Waals surface area contributed by atoms with Crippen molar-refractivity contribution >= 4 is 44.5 Å². The Balaban J connectivity index is 1.89. The molecule has 0 aliphatic rings. The number of nitrogens with two attached hydrogens (primary N) is 1. The third kappa shape index (κ3) is 2.91. The number of nitriles is 1. The first kappa shape index (κ1) is 14.8. The zero-order valence-electron chi connectivity index (χ0n) is 11.4. The molecule has 3 rings (SSSR count). The molecule has 1 atom stereocenters. The number of hydrogen-bond acceptors (Lipinski definition) is 7. The van der Waals surface area contributed by atoms with Crippen LogP contribution in [0, 0.1) is 11.3 Å². The predicted molar refractivity (Wildman–Crippen MR) is 87.1 cm³/mol. The first-order valence-electron chi connectivity index (χ1n) is 6.31. The molecule has 22 heavy (non-hydrogen) atoms. The van der Waals surface area contributed by atoms with Crippen molar-refractivity contribution in [1.29, 1.82) is 5.26 Å². The van der Waals surface area contributed by atoms with Crippen LogP contribution in [-0.2, 0) is 0 Å². The quantitative estimate of drug-likeness (QED) is 0.549. The average Bonchev–Trinajstić information content (AvgIpc) is 2.87. The first-order valence-corrected chi connectivity index (χ1v) is 7.98. The summed E-state index contributed by atoms with van der Waals surface area (Å²) in [5, 5.41) is 10.3. The highest BCUT2D eigenvalue weighted by atomic mass is 79.9. The van der Waals surface area contributed by atoms with Crippen LogP contribution in [0.5, 0.6) is 0 Å². The lowest BCUT2D eigenvalue weighted by atomic mass is 10.2. The molecule has 0 fully saturated rings. The maximum absolute atomic E-state index is 8.93. The van der Waals surface area contributed by atoms with Gasteiger partial charge in [0.2, 0.25) is 0 Å². The molecule has 0 amide bonds. The summed E-state index contributed by atoms with van der Waals surface area (Å²) in [6, 6.07) is 5.37. The van der Waals surface area contributed by atoms with E-state index in [0.29, 0.717) is 5.16 Å². The Hall–Kier alpha value is -2.11. The number of fused-ring (bicyclic) bond motifs is 1. The summed E-state index contributed by atoms with van der Waals surface area (Å²) in [6.07, 6.45) is 3.32. The molecule has 0 saturated carbocycles. The van der Waals surface area contributed by atoms with E-state index in [2.05, 4.69) is 30.9 Å². The highest BCUT2D eigenvalue weighted by Gasteiger charge is 2.14. The molecule has 1 unspecified atom stereocenters. The van der Waals surface area contributed by atoms with E-state index in [-0.39, 0.29) is 16.8 Å². The summed E-state index contributed by atoms with van der Waals surface area (Å²) in [7, 11) is 0. The second-order valence-electron chi connectivity index (χ2n) is 4.52. The lowest BCUT2D eigenvalue weighted by molar-refractivity contribution is 0.612. The van der Waals surface area contributed by atoms with Crippen LogP contribution in [0.15, 0.2) is 38.6 Å². The van der Waals surface area contributed by atoms with Crippen molar-refractivity contribution in [2.45, 2.75) is 17.3 Å². The van der Waals surface area contributed by atoms with Crippen molar-refractivity contribution in [1.82, 2.24) is 15.0 Å². The molecule has 6 nitrogen and oxygen atoms in total. The third-order valence-corrected chi connectivity index (χ3v) is 4.58. The van der Waals surface area contributed by atoms with E-state index >= 15 is 0 Å². The number of hydrogen-bond donors (Lipinski definition) is 1. The minimum Gasteiger partial charge on any atom is -0.461 e. The summed E-state index contributed by atoms with van der Waals surface area (Å²) in [4.78, 5) is 12.7. The van der Waals surface area contributed by atoms with Crippen molar-refractivity contribution in [3.8, 4) is 6.07 Å². The monoisotopic (exact) mass is 375 g/mol. The van der Waals surface area contributed by atoms with Crippen LogP contribution in [0.2, 0.25) is 0 Å². The topological polar surface area (TPSA) is 102 Å². The van der Waals surface area contributed by atoms with Gasteiger partial charge in [-0.25, -0.2) is 9.97 Å². The van der Waals surface area contributed by atoms with Crippen molar-refractivity contribution in [2.75, 3.05) is 5.73 Å². The van der Waals surface area contributed by atoms with Crippen LogP contribution in [0.4, 0.5) is 5.82 Å². The van der Waals surface area contributed by atoms with Crippen LogP contribution in [-0.4, -0.2) is 15.0 Å². The molecular formula is C14H10BrN5OS. The second kappa shape index (κ2) is 5.94. The Morgan fingerprint density at radius 1 is 1.41 bits per heavy atom. The minimum absolute atomic E-state index is 0.000423. The maximum Gasteiger partial charge on any atom is 0.191 e. The lowest BCUT2D eigenvalue weighted by Gasteiger charge is -2.10. The van der Waals surface area contributed by atoms with E-state index in [1.165, 1.54) is 17.8 Å². The number of aromatic nitrogens is 3.